The van der Waals surface area contributed by atoms with Crippen molar-refractivity contribution in [1.82, 2.24) is 19.8 Å². The molecule has 142 valence electrons. The summed E-state index contributed by atoms with van der Waals surface area (Å²) in [6, 6.07) is 8.13. The van der Waals surface area contributed by atoms with Crippen LogP contribution in [0, 0.1) is 5.92 Å². The Labute approximate surface area is 160 Å². The summed E-state index contributed by atoms with van der Waals surface area (Å²) in [6.07, 6.45) is 3.69. The van der Waals surface area contributed by atoms with Crippen LogP contribution in [0.3, 0.4) is 0 Å². The lowest BCUT2D eigenvalue weighted by molar-refractivity contribution is -0.118. The van der Waals surface area contributed by atoms with Crippen LogP contribution in [0.15, 0.2) is 29.4 Å². The van der Waals surface area contributed by atoms with Crippen LogP contribution in [0.4, 0.5) is 0 Å². The zero-order valence-electron chi connectivity index (χ0n) is 15.9. The van der Waals surface area contributed by atoms with Crippen molar-refractivity contribution in [3.05, 3.63) is 24.3 Å². The minimum Gasteiger partial charge on any atom is -0.355 e. The van der Waals surface area contributed by atoms with E-state index < -0.39 is 0 Å². The van der Waals surface area contributed by atoms with E-state index in [-0.39, 0.29) is 5.91 Å². The SMILES string of the molecule is CCn1c(SCC(=O)NCCCN2CCCC(C)C2)nc2ccccc21. The molecule has 6 heteroatoms. The quantitative estimate of drug-likeness (QED) is 0.568. The molecule has 3 rings (SSSR count). The first kappa shape index (κ1) is 19.2. The standard InChI is InChI=1S/C20H30N4OS/c1-3-24-18-10-5-4-9-17(18)22-20(24)26-15-19(25)21-11-7-13-23-12-6-8-16(2)14-23/h4-5,9-10,16H,3,6-8,11-15H2,1-2H3,(H,21,25). The molecule has 0 aliphatic carbocycles. The number of hydrogen-bond acceptors (Lipinski definition) is 4. The third kappa shape index (κ3) is 5.01. The zero-order valence-corrected chi connectivity index (χ0v) is 16.7. The van der Waals surface area contributed by atoms with Crippen LogP contribution in [-0.4, -0.2) is 52.3 Å². The number of nitrogens with one attached hydrogen (secondary N) is 1. The molecule has 5 nitrogen and oxygen atoms in total. The lowest BCUT2D eigenvalue weighted by Crippen LogP contribution is -2.36. The van der Waals surface area contributed by atoms with Gasteiger partial charge < -0.3 is 14.8 Å². The fourth-order valence-electron chi connectivity index (χ4n) is 3.67. The number of carbonyl (C=O) groups excluding carboxylic acids is 1. The van der Waals surface area contributed by atoms with E-state index in [9.17, 15) is 4.79 Å². The molecule has 0 bridgehead atoms. The Morgan fingerprint density at radius 1 is 1.38 bits per heavy atom. The predicted octanol–water partition coefficient (Wildman–Crippen LogP) is 3.39. The van der Waals surface area contributed by atoms with Gasteiger partial charge in [0.2, 0.25) is 5.91 Å². The molecule has 1 saturated heterocycles. The third-order valence-electron chi connectivity index (χ3n) is 4.98. The van der Waals surface area contributed by atoms with Crippen LogP contribution >= 0.6 is 11.8 Å². The topological polar surface area (TPSA) is 50.2 Å². The number of piperidine rings is 1. The molecule has 2 heterocycles. The van der Waals surface area contributed by atoms with Gasteiger partial charge in [-0.3, -0.25) is 4.79 Å². The molecular formula is C20H30N4OS. The summed E-state index contributed by atoms with van der Waals surface area (Å²) in [6.45, 7) is 9.56. The van der Waals surface area contributed by atoms with Crippen LogP contribution in [0.25, 0.3) is 11.0 Å². The van der Waals surface area contributed by atoms with Gasteiger partial charge in [0.05, 0.1) is 16.8 Å². The van der Waals surface area contributed by atoms with E-state index in [1.54, 1.807) is 0 Å². The summed E-state index contributed by atoms with van der Waals surface area (Å²) in [5, 5.41) is 3.97. The molecule has 26 heavy (non-hydrogen) atoms. The number of aryl methyl sites for hydroxylation is 1. The molecule has 1 aromatic heterocycles. The van der Waals surface area contributed by atoms with Crippen molar-refractivity contribution in [2.75, 3.05) is 31.9 Å². The molecular weight excluding hydrogens is 344 g/mol. The Hall–Kier alpha value is -1.53. The van der Waals surface area contributed by atoms with Crippen molar-refractivity contribution in [1.29, 1.82) is 0 Å². The average molecular weight is 375 g/mol. The fraction of sp³-hybridized carbons (Fsp3) is 0.600. The van der Waals surface area contributed by atoms with Gasteiger partial charge in [-0.05, 0) is 57.3 Å². The van der Waals surface area contributed by atoms with Gasteiger partial charge in [-0.2, -0.15) is 0 Å². The van der Waals surface area contributed by atoms with Gasteiger partial charge >= 0.3 is 0 Å². The largest absolute Gasteiger partial charge is 0.355 e. The van der Waals surface area contributed by atoms with Gasteiger partial charge in [0.15, 0.2) is 5.16 Å². The van der Waals surface area contributed by atoms with Gasteiger partial charge in [0, 0.05) is 19.6 Å². The van der Waals surface area contributed by atoms with Crippen LogP contribution < -0.4 is 5.32 Å². The van der Waals surface area contributed by atoms with Crippen molar-refractivity contribution in [2.45, 2.75) is 44.8 Å². The first-order valence-corrected chi connectivity index (χ1v) is 10.7. The van der Waals surface area contributed by atoms with E-state index in [2.05, 4.69) is 39.7 Å². The summed E-state index contributed by atoms with van der Waals surface area (Å²) < 4.78 is 2.17. The zero-order chi connectivity index (χ0) is 18.4. The number of nitrogens with zero attached hydrogens (tertiary/aromatic N) is 3. The molecule has 0 radical (unpaired) electrons. The highest BCUT2D eigenvalue weighted by molar-refractivity contribution is 7.99. The highest BCUT2D eigenvalue weighted by atomic mass is 32.2. The van der Waals surface area contributed by atoms with Crippen molar-refractivity contribution >= 4 is 28.7 Å². The second-order valence-electron chi connectivity index (χ2n) is 7.17. The lowest BCUT2D eigenvalue weighted by Gasteiger charge is -2.30. The van der Waals surface area contributed by atoms with E-state index in [0.29, 0.717) is 5.75 Å². The van der Waals surface area contributed by atoms with E-state index in [0.717, 1.165) is 48.2 Å². The predicted molar refractivity (Wildman–Crippen MR) is 109 cm³/mol. The number of imidazole rings is 1. The molecule has 2 aromatic rings. The number of hydrogen-bond donors (Lipinski definition) is 1. The Kier molecular flexibility index (Phi) is 6.97. The Morgan fingerprint density at radius 2 is 2.23 bits per heavy atom. The normalized spacial score (nSPS) is 18.3. The molecule has 1 aliphatic heterocycles. The first-order valence-electron chi connectivity index (χ1n) is 9.74. The molecule has 1 unspecified atom stereocenters. The van der Waals surface area contributed by atoms with Crippen molar-refractivity contribution in [2.24, 2.45) is 5.92 Å². The van der Waals surface area contributed by atoms with Gasteiger partial charge in [-0.1, -0.05) is 30.8 Å². The summed E-state index contributed by atoms with van der Waals surface area (Å²) in [4.78, 5) is 19.3. The summed E-state index contributed by atoms with van der Waals surface area (Å²) >= 11 is 1.52. The Morgan fingerprint density at radius 3 is 3.04 bits per heavy atom. The van der Waals surface area contributed by atoms with Gasteiger partial charge in [0.25, 0.3) is 0 Å². The van der Waals surface area contributed by atoms with Crippen LogP contribution in [0.5, 0.6) is 0 Å². The third-order valence-corrected chi connectivity index (χ3v) is 5.96. The number of thioether (sulfide) groups is 1. The summed E-state index contributed by atoms with van der Waals surface area (Å²) in [7, 11) is 0. The number of amides is 1. The number of rotatable bonds is 8. The Balaban J connectivity index is 1.40. The lowest BCUT2D eigenvalue weighted by atomic mass is 10.0. The molecule has 0 saturated carbocycles. The van der Waals surface area contributed by atoms with E-state index in [4.69, 9.17) is 0 Å². The average Bonchev–Trinajstić information content (AvgIpc) is 3.01. The Bertz CT molecular complexity index is 730. The summed E-state index contributed by atoms with van der Waals surface area (Å²) in [5.41, 5.74) is 2.13. The van der Waals surface area contributed by atoms with Gasteiger partial charge in [0.1, 0.15) is 0 Å². The minimum atomic E-state index is 0.0942. The fourth-order valence-corrected chi connectivity index (χ4v) is 4.58. The first-order chi connectivity index (χ1) is 12.7. The number of fused-ring (bicyclic) bond motifs is 1. The van der Waals surface area contributed by atoms with Crippen LogP contribution in [-0.2, 0) is 11.3 Å². The monoisotopic (exact) mass is 374 g/mol. The van der Waals surface area contributed by atoms with Crippen molar-refractivity contribution < 1.29 is 4.79 Å². The van der Waals surface area contributed by atoms with Crippen LogP contribution in [0.2, 0.25) is 0 Å². The molecule has 1 aromatic carbocycles. The minimum absolute atomic E-state index is 0.0942. The van der Waals surface area contributed by atoms with Gasteiger partial charge in [-0.25, -0.2) is 4.98 Å². The van der Waals surface area contributed by atoms with Crippen molar-refractivity contribution in [3.8, 4) is 0 Å². The second kappa shape index (κ2) is 9.42. The molecule has 1 atom stereocenters. The van der Waals surface area contributed by atoms with Gasteiger partial charge in [-0.15, -0.1) is 0 Å². The maximum absolute atomic E-state index is 12.2. The molecule has 1 amide bonds. The number of aromatic nitrogens is 2. The highest BCUT2D eigenvalue weighted by Crippen LogP contribution is 2.23. The molecule has 1 aliphatic rings. The number of benzene rings is 1. The number of para-hydroxylation sites is 2. The second-order valence-corrected chi connectivity index (χ2v) is 8.11. The van der Waals surface area contributed by atoms with E-state index in [1.165, 1.54) is 37.7 Å². The summed E-state index contributed by atoms with van der Waals surface area (Å²) in [5.74, 6) is 1.33. The molecule has 0 spiro atoms. The van der Waals surface area contributed by atoms with E-state index in [1.807, 2.05) is 18.2 Å². The maximum atomic E-state index is 12.2. The molecule has 1 fully saturated rings. The van der Waals surface area contributed by atoms with Crippen LogP contribution in [0.1, 0.15) is 33.1 Å². The van der Waals surface area contributed by atoms with Crippen molar-refractivity contribution in [3.63, 3.8) is 0 Å². The number of carbonyl (C=O) groups is 1. The maximum Gasteiger partial charge on any atom is 0.230 e. The van der Waals surface area contributed by atoms with E-state index >= 15 is 0 Å². The smallest absolute Gasteiger partial charge is 0.230 e. The highest BCUT2D eigenvalue weighted by Gasteiger charge is 2.15. The molecule has 1 N–H and O–H groups in total. The number of likely N-dealkylation sites (tertiary alicyclic amines) is 1.